The lowest BCUT2D eigenvalue weighted by atomic mass is 10.0. The molecule has 2 amide bonds. The van der Waals surface area contributed by atoms with Crippen LogP contribution in [0.5, 0.6) is 0 Å². The summed E-state index contributed by atoms with van der Waals surface area (Å²) in [5.74, 6) is -0.232. The maximum Gasteiger partial charge on any atom is 0.410 e. The Labute approximate surface area is 149 Å². The number of nitrogens with zero attached hydrogens (tertiary/aromatic N) is 1. The highest BCUT2D eigenvalue weighted by Crippen LogP contribution is 2.17. The molecular weight excluding hydrogens is 328 g/mol. The van der Waals surface area contributed by atoms with E-state index >= 15 is 0 Å². The average molecular weight is 355 g/mol. The molecule has 0 spiro atoms. The van der Waals surface area contributed by atoms with Crippen LogP contribution in [0.3, 0.4) is 0 Å². The number of hydrogen-bond acceptors (Lipinski definition) is 3. The van der Waals surface area contributed by atoms with Gasteiger partial charge in [0.2, 0.25) is 5.91 Å². The van der Waals surface area contributed by atoms with Gasteiger partial charge in [-0.1, -0.05) is 23.7 Å². The van der Waals surface area contributed by atoms with E-state index in [1.54, 1.807) is 41.7 Å². The summed E-state index contributed by atoms with van der Waals surface area (Å²) >= 11 is 5.85. The number of rotatable bonds is 5. The van der Waals surface area contributed by atoms with E-state index in [-0.39, 0.29) is 5.91 Å². The van der Waals surface area contributed by atoms with Crippen molar-refractivity contribution in [2.75, 3.05) is 13.6 Å². The lowest BCUT2D eigenvalue weighted by Gasteiger charge is -2.35. The smallest absolute Gasteiger partial charge is 0.410 e. The van der Waals surface area contributed by atoms with Gasteiger partial charge in [0.05, 0.1) is 0 Å². The third-order valence-electron chi connectivity index (χ3n) is 3.67. The summed E-state index contributed by atoms with van der Waals surface area (Å²) in [6.07, 6.45) is 0.162. The van der Waals surface area contributed by atoms with Gasteiger partial charge in [-0.15, -0.1) is 0 Å². The second-order valence-electron chi connectivity index (χ2n) is 7.23. The van der Waals surface area contributed by atoms with Gasteiger partial charge in [0.15, 0.2) is 0 Å². The van der Waals surface area contributed by atoms with E-state index in [4.69, 9.17) is 16.3 Å². The van der Waals surface area contributed by atoms with Gasteiger partial charge in [-0.2, -0.15) is 0 Å². The molecule has 1 rings (SSSR count). The summed E-state index contributed by atoms with van der Waals surface area (Å²) < 4.78 is 5.32. The average Bonchev–Trinajstić information content (AvgIpc) is 2.46. The van der Waals surface area contributed by atoms with Gasteiger partial charge in [0, 0.05) is 18.6 Å². The third kappa shape index (κ3) is 6.04. The van der Waals surface area contributed by atoms with Crippen molar-refractivity contribution in [3.05, 3.63) is 34.9 Å². The minimum Gasteiger partial charge on any atom is -0.444 e. The Bertz CT molecular complexity index is 577. The van der Waals surface area contributed by atoms with E-state index in [1.165, 1.54) is 4.90 Å². The molecule has 1 N–H and O–H groups in total. The first kappa shape index (κ1) is 20.3. The fourth-order valence-corrected chi connectivity index (χ4v) is 2.02. The van der Waals surface area contributed by atoms with Crippen LogP contribution in [0.4, 0.5) is 4.79 Å². The summed E-state index contributed by atoms with van der Waals surface area (Å²) in [6.45, 7) is 9.23. The van der Waals surface area contributed by atoms with Crippen molar-refractivity contribution < 1.29 is 14.3 Å². The van der Waals surface area contributed by atoms with Gasteiger partial charge in [0.25, 0.3) is 0 Å². The van der Waals surface area contributed by atoms with Crippen LogP contribution in [0, 0.1) is 0 Å². The predicted molar refractivity (Wildman–Crippen MR) is 96.2 cm³/mol. The van der Waals surface area contributed by atoms with Crippen LogP contribution in [0.2, 0.25) is 5.02 Å². The van der Waals surface area contributed by atoms with Crippen molar-refractivity contribution in [1.82, 2.24) is 10.2 Å². The second kappa shape index (κ2) is 7.88. The number of ether oxygens (including phenoxy) is 1. The largest absolute Gasteiger partial charge is 0.444 e. The van der Waals surface area contributed by atoms with Gasteiger partial charge in [-0.3, -0.25) is 9.69 Å². The number of benzene rings is 1. The monoisotopic (exact) mass is 354 g/mol. The van der Waals surface area contributed by atoms with Crippen LogP contribution < -0.4 is 5.32 Å². The van der Waals surface area contributed by atoms with Gasteiger partial charge >= 0.3 is 6.09 Å². The number of carbonyl (C=O) groups is 2. The molecule has 0 aliphatic carbocycles. The predicted octanol–water partition coefficient (Wildman–Crippen LogP) is 3.64. The fourth-order valence-electron chi connectivity index (χ4n) is 1.90. The van der Waals surface area contributed by atoms with E-state index in [2.05, 4.69) is 5.32 Å². The molecule has 5 nitrogen and oxygen atoms in total. The number of halogens is 1. The molecule has 0 aromatic heterocycles. The van der Waals surface area contributed by atoms with Crippen molar-refractivity contribution in [3.63, 3.8) is 0 Å². The van der Waals surface area contributed by atoms with E-state index in [9.17, 15) is 9.59 Å². The zero-order chi connectivity index (χ0) is 18.5. The number of nitrogens with one attached hydrogen (secondary N) is 1. The second-order valence-corrected chi connectivity index (χ2v) is 7.67. The van der Waals surface area contributed by atoms with E-state index in [0.29, 0.717) is 18.0 Å². The molecule has 0 saturated heterocycles. The van der Waals surface area contributed by atoms with Crippen LogP contribution in [0.25, 0.3) is 0 Å². The molecule has 0 bridgehead atoms. The molecule has 0 atom stereocenters. The standard InChI is InChI=1S/C18H27ClN2O3/c1-17(2,3)24-16(23)21(6)18(4,5)15(22)20-12-11-13-7-9-14(19)10-8-13/h7-10H,11-12H2,1-6H3,(H,20,22). The molecular formula is C18H27ClN2O3. The minimum absolute atomic E-state index is 0.232. The van der Waals surface area contributed by atoms with Gasteiger partial charge in [0.1, 0.15) is 11.1 Å². The Morgan fingerprint density at radius 2 is 1.67 bits per heavy atom. The van der Waals surface area contributed by atoms with Crippen molar-refractivity contribution in [3.8, 4) is 0 Å². The molecule has 1 aromatic rings. The van der Waals surface area contributed by atoms with Crippen molar-refractivity contribution >= 4 is 23.6 Å². The summed E-state index contributed by atoms with van der Waals surface area (Å²) in [5, 5.41) is 3.55. The maximum absolute atomic E-state index is 12.4. The zero-order valence-corrected chi connectivity index (χ0v) is 16.0. The zero-order valence-electron chi connectivity index (χ0n) is 15.3. The van der Waals surface area contributed by atoms with Gasteiger partial charge in [-0.05, 0) is 58.7 Å². The number of amides is 2. The van der Waals surface area contributed by atoms with E-state index in [1.807, 2.05) is 24.3 Å². The Morgan fingerprint density at radius 3 is 2.17 bits per heavy atom. The topological polar surface area (TPSA) is 58.6 Å². The van der Waals surface area contributed by atoms with Crippen molar-refractivity contribution in [2.24, 2.45) is 0 Å². The maximum atomic E-state index is 12.4. The van der Waals surface area contributed by atoms with Crippen molar-refractivity contribution in [1.29, 1.82) is 0 Å². The molecule has 0 unspecified atom stereocenters. The molecule has 134 valence electrons. The third-order valence-corrected chi connectivity index (χ3v) is 3.93. The summed E-state index contributed by atoms with van der Waals surface area (Å²) in [5.41, 5.74) is -0.535. The van der Waals surface area contributed by atoms with Crippen LogP contribution in [-0.2, 0) is 16.0 Å². The Kier molecular flexibility index (Phi) is 6.67. The molecule has 0 fully saturated rings. The quantitative estimate of drug-likeness (QED) is 0.878. The molecule has 0 aliphatic rings. The number of likely N-dealkylation sites (N-methyl/N-ethyl adjacent to an activating group) is 1. The minimum atomic E-state index is -1.01. The molecule has 24 heavy (non-hydrogen) atoms. The van der Waals surface area contributed by atoms with Crippen LogP contribution in [0.1, 0.15) is 40.2 Å². The van der Waals surface area contributed by atoms with Gasteiger partial charge in [-0.25, -0.2) is 4.79 Å². The molecule has 0 aliphatic heterocycles. The Hall–Kier alpha value is -1.75. The van der Waals surface area contributed by atoms with E-state index < -0.39 is 17.2 Å². The molecule has 0 saturated carbocycles. The molecule has 0 radical (unpaired) electrons. The first-order chi connectivity index (χ1) is 10.9. The Morgan fingerprint density at radius 1 is 1.12 bits per heavy atom. The summed E-state index contributed by atoms with van der Waals surface area (Å²) in [4.78, 5) is 25.9. The molecule has 0 heterocycles. The highest BCUT2D eigenvalue weighted by Gasteiger charge is 2.37. The fraction of sp³-hybridized carbons (Fsp3) is 0.556. The molecule has 6 heteroatoms. The SMILES string of the molecule is CN(C(=O)OC(C)(C)C)C(C)(C)C(=O)NCCc1ccc(Cl)cc1. The van der Waals surface area contributed by atoms with Crippen LogP contribution in [0.15, 0.2) is 24.3 Å². The highest BCUT2D eigenvalue weighted by molar-refractivity contribution is 6.30. The summed E-state index contributed by atoms with van der Waals surface area (Å²) in [6, 6.07) is 7.48. The Balaban J connectivity index is 2.57. The van der Waals surface area contributed by atoms with Crippen LogP contribution >= 0.6 is 11.6 Å². The highest BCUT2D eigenvalue weighted by atomic mass is 35.5. The normalized spacial score (nSPS) is 11.8. The summed E-state index contributed by atoms with van der Waals surface area (Å²) in [7, 11) is 1.56. The van der Waals surface area contributed by atoms with Crippen molar-refractivity contribution in [2.45, 2.75) is 52.2 Å². The lowest BCUT2D eigenvalue weighted by Crippen LogP contribution is -2.56. The van der Waals surface area contributed by atoms with Crippen LogP contribution in [-0.4, -0.2) is 41.6 Å². The van der Waals surface area contributed by atoms with Gasteiger partial charge < -0.3 is 10.1 Å². The van der Waals surface area contributed by atoms with E-state index in [0.717, 1.165) is 5.56 Å². The number of carbonyl (C=O) groups excluding carboxylic acids is 2. The molecule has 1 aromatic carbocycles. The first-order valence-corrected chi connectivity index (χ1v) is 8.31. The number of hydrogen-bond donors (Lipinski definition) is 1. The lowest BCUT2D eigenvalue weighted by molar-refractivity contribution is -0.130. The first-order valence-electron chi connectivity index (χ1n) is 7.93.